The van der Waals surface area contributed by atoms with Crippen molar-refractivity contribution in [3.63, 3.8) is 0 Å². The molecule has 1 unspecified atom stereocenters. The van der Waals surface area contributed by atoms with Crippen LogP contribution >= 0.6 is 0 Å². The monoisotopic (exact) mass is 186 g/mol. The first-order chi connectivity index (χ1) is 6.08. The van der Waals surface area contributed by atoms with Crippen molar-refractivity contribution >= 4 is 5.91 Å². The zero-order chi connectivity index (χ0) is 9.90. The van der Waals surface area contributed by atoms with Gasteiger partial charge in [0.05, 0.1) is 12.1 Å². The Bertz CT molecular complexity index is 188. The summed E-state index contributed by atoms with van der Waals surface area (Å²) < 4.78 is 0. The van der Waals surface area contributed by atoms with Crippen LogP contribution in [0.15, 0.2) is 0 Å². The molecule has 0 aromatic carbocycles. The molecule has 1 saturated heterocycles. The zero-order valence-electron chi connectivity index (χ0n) is 8.26. The Labute approximate surface area is 78.7 Å². The second kappa shape index (κ2) is 4.07. The first-order valence-electron chi connectivity index (χ1n) is 4.75. The van der Waals surface area contributed by atoms with E-state index in [9.17, 15) is 4.79 Å². The summed E-state index contributed by atoms with van der Waals surface area (Å²) in [5, 5.41) is 14.7. The summed E-state index contributed by atoms with van der Waals surface area (Å²) in [5.74, 6) is -0.00782. The molecule has 0 bridgehead atoms. The van der Waals surface area contributed by atoms with Crippen molar-refractivity contribution in [2.45, 2.75) is 38.3 Å². The van der Waals surface area contributed by atoms with Crippen LogP contribution in [0.2, 0.25) is 0 Å². The van der Waals surface area contributed by atoms with E-state index in [2.05, 4.69) is 10.6 Å². The summed E-state index contributed by atoms with van der Waals surface area (Å²) in [4.78, 5) is 11.7. The summed E-state index contributed by atoms with van der Waals surface area (Å²) in [5.41, 5.74) is -0.427. The van der Waals surface area contributed by atoms with E-state index in [1.54, 1.807) is 6.92 Å². The van der Waals surface area contributed by atoms with Crippen LogP contribution in [0, 0.1) is 0 Å². The molecule has 1 heterocycles. The van der Waals surface area contributed by atoms with Gasteiger partial charge in [-0.2, -0.15) is 0 Å². The van der Waals surface area contributed by atoms with Crippen molar-refractivity contribution < 1.29 is 9.90 Å². The molecule has 0 aliphatic carbocycles. The third kappa shape index (κ3) is 2.42. The fourth-order valence-electron chi connectivity index (χ4n) is 1.52. The molecule has 0 radical (unpaired) electrons. The average molecular weight is 186 g/mol. The van der Waals surface area contributed by atoms with Gasteiger partial charge in [-0.15, -0.1) is 0 Å². The quantitative estimate of drug-likeness (QED) is 0.563. The van der Waals surface area contributed by atoms with Crippen molar-refractivity contribution in [2.75, 3.05) is 13.2 Å². The smallest absolute Gasteiger partial charge is 0.240 e. The van der Waals surface area contributed by atoms with Crippen molar-refractivity contribution in [3.05, 3.63) is 0 Å². The minimum absolute atomic E-state index is 0.00782. The number of carbonyl (C=O) groups is 1. The molecule has 1 rings (SSSR count). The van der Waals surface area contributed by atoms with Gasteiger partial charge in [0.2, 0.25) is 5.91 Å². The maximum Gasteiger partial charge on any atom is 0.240 e. The van der Waals surface area contributed by atoms with Crippen LogP contribution in [0.5, 0.6) is 0 Å². The second-order valence-electron chi connectivity index (χ2n) is 3.92. The molecule has 0 aromatic heterocycles. The fraction of sp³-hybridized carbons (Fsp3) is 0.889. The predicted octanol–water partition coefficient (Wildman–Crippen LogP) is -0.374. The van der Waals surface area contributed by atoms with Gasteiger partial charge >= 0.3 is 0 Å². The average Bonchev–Trinajstić information content (AvgIpc) is 2.53. The number of rotatable bonds is 3. The number of carbonyl (C=O) groups excluding carboxylic acids is 1. The highest BCUT2D eigenvalue weighted by molar-refractivity contribution is 5.86. The Balaban J connectivity index is 2.46. The lowest BCUT2D eigenvalue weighted by atomic mass is 9.99. The van der Waals surface area contributed by atoms with Gasteiger partial charge in [0.25, 0.3) is 0 Å². The molecule has 1 amide bonds. The van der Waals surface area contributed by atoms with E-state index in [4.69, 9.17) is 5.11 Å². The molecule has 13 heavy (non-hydrogen) atoms. The van der Waals surface area contributed by atoms with E-state index < -0.39 is 5.54 Å². The standard InChI is InChI=1S/C9H18N2O2/c1-7(6-12)11-8(13)9(2)4-3-5-10-9/h7,10,12H,3-6H2,1-2H3,(H,11,13)/t7-,9?/m0/s1. The Morgan fingerprint density at radius 3 is 2.92 bits per heavy atom. The molecular weight excluding hydrogens is 168 g/mol. The Morgan fingerprint density at radius 2 is 2.46 bits per heavy atom. The van der Waals surface area contributed by atoms with Crippen molar-refractivity contribution in [1.82, 2.24) is 10.6 Å². The van der Waals surface area contributed by atoms with Crippen LogP contribution in [-0.2, 0) is 4.79 Å². The summed E-state index contributed by atoms with van der Waals surface area (Å²) in [6, 6.07) is -0.160. The SMILES string of the molecule is C[C@@H](CO)NC(=O)C1(C)CCCN1. The molecule has 3 N–H and O–H groups in total. The lowest BCUT2D eigenvalue weighted by Crippen LogP contribution is -2.53. The summed E-state index contributed by atoms with van der Waals surface area (Å²) in [6.07, 6.45) is 1.91. The Hall–Kier alpha value is -0.610. The van der Waals surface area contributed by atoms with Crippen molar-refractivity contribution in [2.24, 2.45) is 0 Å². The van der Waals surface area contributed by atoms with Crippen molar-refractivity contribution in [3.8, 4) is 0 Å². The minimum atomic E-state index is -0.427. The molecular formula is C9H18N2O2. The van der Waals surface area contributed by atoms with E-state index in [-0.39, 0.29) is 18.6 Å². The van der Waals surface area contributed by atoms with Gasteiger partial charge in [-0.3, -0.25) is 4.79 Å². The summed E-state index contributed by atoms with van der Waals surface area (Å²) >= 11 is 0. The van der Waals surface area contributed by atoms with E-state index in [1.807, 2.05) is 6.92 Å². The lowest BCUT2D eigenvalue weighted by molar-refractivity contribution is -0.127. The molecule has 0 saturated carbocycles. The van der Waals surface area contributed by atoms with E-state index >= 15 is 0 Å². The van der Waals surface area contributed by atoms with Gasteiger partial charge in [0, 0.05) is 6.04 Å². The highest BCUT2D eigenvalue weighted by Crippen LogP contribution is 2.18. The number of hydrogen-bond donors (Lipinski definition) is 3. The predicted molar refractivity (Wildman–Crippen MR) is 50.3 cm³/mol. The van der Waals surface area contributed by atoms with Gasteiger partial charge in [-0.05, 0) is 33.2 Å². The molecule has 1 aliphatic heterocycles. The highest BCUT2D eigenvalue weighted by atomic mass is 16.3. The largest absolute Gasteiger partial charge is 0.394 e. The molecule has 0 spiro atoms. The fourth-order valence-corrected chi connectivity index (χ4v) is 1.52. The van der Waals surface area contributed by atoms with E-state index in [0.29, 0.717) is 0 Å². The molecule has 0 aromatic rings. The van der Waals surface area contributed by atoms with Crippen LogP contribution < -0.4 is 10.6 Å². The van der Waals surface area contributed by atoms with Gasteiger partial charge in [0.1, 0.15) is 0 Å². The third-order valence-corrected chi connectivity index (χ3v) is 2.52. The third-order valence-electron chi connectivity index (χ3n) is 2.52. The van der Waals surface area contributed by atoms with Crippen LogP contribution in [0.25, 0.3) is 0 Å². The topological polar surface area (TPSA) is 61.4 Å². The normalized spacial score (nSPS) is 30.1. The van der Waals surface area contributed by atoms with Crippen LogP contribution in [0.3, 0.4) is 0 Å². The molecule has 1 fully saturated rings. The van der Waals surface area contributed by atoms with Gasteiger partial charge in [0.15, 0.2) is 0 Å². The zero-order valence-corrected chi connectivity index (χ0v) is 8.26. The molecule has 4 nitrogen and oxygen atoms in total. The Kier molecular flexibility index (Phi) is 3.27. The first-order valence-corrected chi connectivity index (χ1v) is 4.75. The minimum Gasteiger partial charge on any atom is -0.394 e. The van der Waals surface area contributed by atoms with Gasteiger partial charge < -0.3 is 15.7 Å². The Morgan fingerprint density at radius 1 is 1.77 bits per heavy atom. The first kappa shape index (κ1) is 10.5. The van der Waals surface area contributed by atoms with E-state index in [1.165, 1.54) is 0 Å². The van der Waals surface area contributed by atoms with Crippen LogP contribution in [0.4, 0.5) is 0 Å². The highest BCUT2D eigenvalue weighted by Gasteiger charge is 2.36. The molecule has 4 heteroatoms. The number of hydrogen-bond acceptors (Lipinski definition) is 3. The number of amides is 1. The number of aliphatic hydroxyl groups excluding tert-OH is 1. The van der Waals surface area contributed by atoms with Crippen LogP contribution in [-0.4, -0.2) is 35.7 Å². The summed E-state index contributed by atoms with van der Waals surface area (Å²) in [7, 11) is 0. The molecule has 2 atom stereocenters. The maximum atomic E-state index is 11.7. The maximum absolute atomic E-state index is 11.7. The second-order valence-corrected chi connectivity index (χ2v) is 3.92. The number of nitrogens with one attached hydrogen (secondary N) is 2. The molecule has 76 valence electrons. The number of aliphatic hydroxyl groups is 1. The van der Waals surface area contributed by atoms with Crippen LogP contribution in [0.1, 0.15) is 26.7 Å². The van der Waals surface area contributed by atoms with Crippen molar-refractivity contribution in [1.29, 1.82) is 0 Å². The van der Waals surface area contributed by atoms with Gasteiger partial charge in [-0.1, -0.05) is 0 Å². The summed E-state index contributed by atoms with van der Waals surface area (Å²) in [6.45, 7) is 4.58. The lowest BCUT2D eigenvalue weighted by Gasteiger charge is -2.24. The van der Waals surface area contributed by atoms with Gasteiger partial charge in [-0.25, -0.2) is 0 Å². The van der Waals surface area contributed by atoms with E-state index in [0.717, 1.165) is 19.4 Å². The molecule has 1 aliphatic rings.